The van der Waals surface area contributed by atoms with E-state index in [1.165, 1.54) is 11.3 Å². The quantitative estimate of drug-likeness (QED) is 0.745. The number of rotatable bonds is 5. The Morgan fingerprint density at radius 3 is 2.45 bits per heavy atom. The molecule has 6 nitrogen and oxygen atoms in total. The second-order valence-corrected chi connectivity index (χ2v) is 8.40. The lowest BCUT2D eigenvalue weighted by molar-refractivity contribution is -0.136. The highest BCUT2D eigenvalue weighted by atomic mass is 16.5. The van der Waals surface area contributed by atoms with E-state index in [1.807, 2.05) is 30.1 Å². The number of benzene rings is 2. The first-order valence-electron chi connectivity index (χ1n) is 11.0. The van der Waals surface area contributed by atoms with E-state index in [2.05, 4.69) is 35.2 Å². The van der Waals surface area contributed by atoms with Crippen molar-refractivity contribution in [2.45, 2.75) is 32.4 Å². The average molecular weight is 422 g/mol. The van der Waals surface area contributed by atoms with Crippen LogP contribution in [0.2, 0.25) is 0 Å². The summed E-state index contributed by atoms with van der Waals surface area (Å²) in [7, 11) is 1.84. The third-order valence-corrected chi connectivity index (χ3v) is 6.34. The van der Waals surface area contributed by atoms with Crippen LogP contribution < -0.4 is 4.90 Å². The van der Waals surface area contributed by atoms with Crippen molar-refractivity contribution in [1.29, 1.82) is 0 Å². The van der Waals surface area contributed by atoms with Crippen molar-refractivity contribution in [3.8, 4) is 0 Å². The Hall–Kier alpha value is -2.86. The summed E-state index contributed by atoms with van der Waals surface area (Å²) in [6, 6.07) is 16.4. The normalized spacial score (nSPS) is 18.5. The zero-order chi connectivity index (χ0) is 21.8. The zero-order valence-electron chi connectivity index (χ0n) is 18.4. The number of anilines is 1. The van der Waals surface area contributed by atoms with Crippen LogP contribution in [0.5, 0.6) is 0 Å². The molecule has 0 radical (unpaired) electrons. The molecule has 1 atom stereocenters. The lowest BCUT2D eigenvalue weighted by Crippen LogP contribution is -2.41. The van der Waals surface area contributed by atoms with E-state index in [4.69, 9.17) is 4.74 Å². The molecule has 0 N–H and O–H groups in total. The van der Waals surface area contributed by atoms with Crippen LogP contribution in [0, 0.1) is 0 Å². The van der Waals surface area contributed by atoms with Gasteiger partial charge in [0.2, 0.25) is 11.8 Å². The molecule has 2 aromatic carbocycles. The number of hydrogen-bond acceptors (Lipinski definition) is 4. The fourth-order valence-corrected chi connectivity index (χ4v) is 4.57. The van der Waals surface area contributed by atoms with Crippen LogP contribution in [-0.2, 0) is 27.3 Å². The Morgan fingerprint density at radius 1 is 1.03 bits per heavy atom. The van der Waals surface area contributed by atoms with Gasteiger partial charge in [-0.1, -0.05) is 36.4 Å². The largest absolute Gasteiger partial charge is 0.378 e. The molecule has 1 unspecified atom stereocenters. The summed E-state index contributed by atoms with van der Waals surface area (Å²) in [5.41, 5.74) is 4.62. The van der Waals surface area contributed by atoms with Gasteiger partial charge < -0.3 is 19.4 Å². The van der Waals surface area contributed by atoms with Gasteiger partial charge in [-0.05, 0) is 35.2 Å². The first-order chi connectivity index (χ1) is 15.0. The van der Waals surface area contributed by atoms with E-state index in [9.17, 15) is 9.59 Å². The monoisotopic (exact) mass is 421 g/mol. The molecule has 6 heteroatoms. The standard InChI is InChI=1S/C25H31N3O3/c1-19(29)28-12-11-21-5-3-4-6-23(21)24(28)17-25(30)26(2)18-20-7-9-22(10-8-20)27-13-15-31-16-14-27/h3-10,24H,11-18H2,1-2H3. The third kappa shape index (κ3) is 4.90. The molecule has 0 spiro atoms. The maximum absolute atomic E-state index is 13.1. The summed E-state index contributed by atoms with van der Waals surface area (Å²) in [4.78, 5) is 31.2. The van der Waals surface area contributed by atoms with Crippen LogP contribution in [0.4, 0.5) is 5.69 Å². The summed E-state index contributed by atoms with van der Waals surface area (Å²) in [5.74, 6) is 0.0684. The number of fused-ring (bicyclic) bond motifs is 1. The van der Waals surface area contributed by atoms with E-state index in [0.717, 1.165) is 43.9 Å². The number of amides is 2. The van der Waals surface area contributed by atoms with Crippen LogP contribution in [0.1, 0.15) is 36.1 Å². The lowest BCUT2D eigenvalue weighted by atomic mass is 9.90. The van der Waals surface area contributed by atoms with E-state index in [-0.39, 0.29) is 17.9 Å². The molecule has 164 valence electrons. The van der Waals surface area contributed by atoms with Gasteiger partial charge in [0.05, 0.1) is 25.7 Å². The first-order valence-corrected chi connectivity index (χ1v) is 11.0. The molecule has 2 heterocycles. The smallest absolute Gasteiger partial charge is 0.225 e. The minimum atomic E-state index is -0.193. The minimum absolute atomic E-state index is 0.0219. The SMILES string of the molecule is CC(=O)N1CCc2ccccc2C1CC(=O)N(C)Cc1ccc(N2CCOCC2)cc1. The molecule has 0 aliphatic carbocycles. The van der Waals surface area contributed by atoms with E-state index < -0.39 is 0 Å². The highest BCUT2D eigenvalue weighted by Gasteiger charge is 2.31. The van der Waals surface area contributed by atoms with E-state index in [1.54, 1.807) is 11.8 Å². The molecular weight excluding hydrogens is 390 g/mol. The van der Waals surface area contributed by atoms with Crippen molar-refractivity contribution in [1.82, 2.24) is 9.80 Å². The van der Waals surface area contributed by atoms with Crippen molar-refractivity contribution in [2.24, 2.45) is 0 Å². The summed E-state index contributed by atoms with van der Waals surface area (Å²) < 4.78 is 5.42. The predicted molar refractivity (Wildman–Crippen MR) is 121 cm³/mol. The molecular formula is C25H31N3O3. The van der Waals surface area contributed by atoms with Gasteiger partial charge in [0.1, 0.15) is 0 Å². The highest BCUT2D eigenvalue weighted by Crippen LogP contribution is 2.32. The lowest BCUT2D eigenvalue weighted by Gasteiger charge is -2.37. The second kappa shape index (κ2) is 9.52. The van der Waals surface area contributed by atoms with Gasteiger partial charge in [0.15, 0.2) is 0 Å². The van der Waals surface area contributed by atoms with Gasteiger partial charge in [-0.2, -0.15) is 0 Å². The second-order valence-electron chi connectivity index (χ2n) is 8.40. The minimum Gasteiger partial charge on any atom is -0.378 e. The fourth-order valence-electron chi connectivity index (χ4n) is 4.57. The molecule has 31 heavy (non-hydrogen) atoms. The van der Waals surface area contributed by atoms with Gasteiger partial charge in [-0.3, -0.25) is 9.59 Å². The number of carbonyl (C=O) groups is 2. The first kappa shape index (κ1) is 21.4. The van der Waals surface area contributed by atoms with Crippen LogP contribution in [0.3, 0.4) is 0 Å². The van der Waals surface area contributed by atoms with E-state index >= 15 is 0 Å². The van der Waals surface area contributed by atoms with Gasteiger partial charge in [-0.15, -0.1) is 0 Å². The van der Waals surface area contributed by atoms with Crippen LogP contribution in [0.15, 0.2) is 48.5 Å². The Labute approximate surface area is 184 Å². The van der Waals surface area contributed by atoms with E-state index in [0.29, 0.717) is 19.5 Å². The zero-order valence-corrected chi connectivity index (χ0v) is 18.4. The Kier molecular flexibility index (Phi) is 6.56. The number of carbonyl (C=O) groups excluding carboxylic acids is 2. The molecule has 4 rings (SSSR count). The maximum atomic E-state index is 13.1. The van der Waals surface area contributed by atoms with Crippen molar-refractivity contribution in [3.63, 3.8) is 0 Å². The van der Waals surface area contributed by atoms with Crippen LogP contribution in [0.25, 0.3) is 0 Å². The molecule has 1 fully saturated rings. The number of morpholine rings is 1. The maximum Gasteiger partial charge on any atom is 0.225 e. The molecule has 2 amide bonds. The van der Waals surface area contributed by atoms with Gasteiger partial charge in [0, 0.05) is 45.8 Å². The van der Waals surface area contributed by atoms with Crippen molar-refractivity contribution in [3.05, 3.63) is 65.2 Å². The molecule has 0 saturated carbocycles. The Bertz CT molecular complexity index is 922. The summed E-state index contributed by atoms with van der Waals surface area (Å²) >= 11 is 0. The highest BCUT2D eigenvalue weighted by molar-refractivity contribution is 5.79. The molecule has 2 aliphatic rings. The molecule has 0 bridgehead atoms. The number of nitrogens with zero attached hydrogens (tertiary/aromatic N) is 3. The molecule has 2 aromatic rings. The van der Waals surface area contributed by atoms with Crippen molar-refractivity contribution in [2.75, 3.05) is 44.8 Å². The fraction of sp³-hybridized carbons (Fsp3) is 0.440. The topological polar surface area (TPSA) is 53.1 Å². The van der Waals surface area contributed by atoms with Crippen molar-refractivity contribution < 1.29 is 14.3 Å². The van der Waals surface area contributed by atoms with Crippen LogP contribution >= 0.6 is 0 Å². The molecule has 2 aliphatic heterocycles. The molecule has 0 aromatic heterocycles. The van der Waals surface area contributed by atoms with Gasteiger partial charge in [-0.25, -0.2) is 0 Å². The van der Waals surface area contributed by atoms with Crippen LogP contribution in [-0.4, -0.2) is 61.5 Å². The predicted octanol–water partition coefficient (Wildman–Crippen LogP) is 3.02. The van der Waals surface area contributed by atoms with Gasteiger partial charge in [0.25, 0.3) is 0 Å². The number of hydrogen-bond donors (Lipinski definition) is 0. The number of ether oxygens (including phenoxy) is 1. The molecule has 1 saturated heterocycles. The summed E-state index contributed by atoms with van der Waals surface area (Å²) in [5, 5.41) is 0. The Balaban J connectivity index is 1.41. The summed E-state index contributed by atoms with van der Waals surface area (Å²) in [6.45, 7) is 6.15. The summed E-state index contributed by atoms with van der Waals surface area (Å²) in [6.07, 6.45) is 1.14. The average Bonchev–Trinajstić information content (AvgIpc) is 2.80. The van der Waals surface area contributed by atoms with Crippen molar-refractivity contribution >= 4 is 17.5 Å². The van der Waals surface area contributed by atoms with Gasteiger partial charge >= 0.3 is 0 Å². The Morgan fingerprint density at radius 2 is 1.74 bits per heavy atom. The third-order valence-electron chi connectivity index (χ3n) is 6.34.